The standard InChI is InChI=1S/C13H17BrFNO/c1-8(2)12(7-14)16-13(17)11-5-4-10(15)6-9(11)3/h4-6,8,12H,7H2,1-3H3,(H,16,17). The molecule has 0 saturated heterocycles. The summed E-state index contributed by atoms with van der Waals surface area (Å²) in [5.41, 5.74) is 1.18. The Labute approximate surface area is 110 Å². The van der Waals surface area contributed by atoms with Crippen LogP contribution in [0.2, 0.25) is 0 Å². The van der Waals surface area contributed by atoms with E-state index in [1.54, 1.807) is 6.92 Å². The van der Waals surface area contributed by atoms with Crippen LogP contribution in [-0.2, 0) is 0 Å². The van der Waals surface area contributed by atoms with E-state index < -0.39 is 0 Å². The Kier molecular flexibility index (Phi) is 5.12. The highest BCUT2D eigenvalue weighted by molar-refractivity contribution is 9.09. The molecule has 1 unspecified atom stereocenters. The van der Waals surface area contributed by atoms with Crippen LogP contribution in [0.25, 0.3) is 0 Å². The number of halogens is 2. The van der Waals surface area contributed by atoms with Crippen LogP contribution in [-0.4, -0.2) is 17.3 Å². The summed E-state index contributed by atoms with van der Waals surface area (Å²) < 4.78 is 12.9. The fourth-order valence-corrected chi connectivity index (χ4v) is 2.42. The van der Waals surface area contributed by atoms with E-state index in [-0.39, 0.29) is 17.8 Å². The molecule has 0 aliphatic carbocycles. The van der Waals surface area contributed by atoms with Crippen LogP contribution in [0.5, 0.6) is 0 Å². The molecule has 1 aromatic carbocycles. The fraction of sp³-hybridized carbons (Fsp3) is 0.462. The second-order valence-corrected chi connectivity index (χ2v) is 5.08. The van der Waals surface area contributed by atoms with Crippen molar-refractivity contribution in [2.24, 2.45) is 5.92 Å². The maximum absolute atomic E-state index is 12.9. The number of rotatable bonds is 4. The molecule has 1 N–H and O–H groups in total. The lowest BCUT2D eigenvalue weighted by atomic mass is 10.0. The summed E-state index contributed by atoms with van der Waals surface area (Å²) >= 11 is 3.37. The summed E-state index contributed by atoms with van der Waals surface area (Å²) in [6.07, 6.45) is 0. The zero-order valence-corrected chi connectivity index (χ0v) is 11.8. The molecule has 17 heavy (non-hydrogen) atoms. The van der Waals surface area contributed by atoms with Gasteiger partial charge in [-0.05, 0) is 36.6 Å². The number of hydrogen-bond donors (Lipinski definition) is 1. The Morgan fingerprint density at radius 1 is 1.47 bits per heavy atom. The minimum Gasteiger partial charge on any atom is -0.348 e. The number of amides is 1. The molecule has 1 rings (SSSR count). The van der Waals surface area contributed by atoms with Gasteiger partial charge in [0.2, 0.25) is 0 Å². The largest absolute Gasteiger partial charge is 0.348 e. The summed E-state index contributed by atoms with van der Waals surface area (Å²) in [6, 6.07) is 4.27. The number of hydrogen-bond acceptors (Lipinski definition) is 1. The van der Waals surface area contributed by atoms with Crippen molar-refractivity contribution >= 4 is 21.8 Å². The molecule has 0 bridgehead atoms. The van der Waals surface area contributed by atoms with Crippen molar-refractivity contribution in [2.45, 2.75) is 26.8 Å². The summed E-state index contributed by atoms with van der Waals surface area (Å²) in [6.45, 7) is 5.82. The molecule has 0 heterocycles. The molecule has 1 aromatic rings. The van der Waals surface area contributed by atoms with Crippen LogP contribution in [0, 0.1) is 18.7 Å². The molecule has 94 valence electrons. The second kappa shape index (κ2) is 6.15. The predicted octanol–water partition coefficient (Wildman–Crippen LogP) is 3.28. The molecule has 0 spiro atoms. The van der Waals surface area contributed by atoms with E-state index in [9.17, 15) is 9.18 Å². The van der Waals surface area contributed by atoms with Gasteiger partial charge in [0.15, 0.2) is 0 Å². The molecule has 1 amide bonds. The highest BCUT2D eigenvalue weighted by Crippen LogP contribution is 2.12. The fourth-order valence-electron chi connectivity index (χ4n) is 1.51. The third-order valence-electron chi connectivity index (χ3n) is 2.72. The van der Waals surface area contributed by atoms with Gasteiger partial charge in [0.25, 0.3) is 5.91 Å². The van der Waals surface area contributed by atoms with Crippen molar-refractivity contribution in [1.29, 1.82) is 0 Å². The first-order valence-electron chi connectivity index (χ1n) is 5.58. The van der Waals surface area contributed by atoms with Gasteiger partial charge < -0.3 is 5.32 Å². The Balaban J connectivity index is 2.82. The first-order valence-corrected chi connectivity index (χ1v) is 6.70. The van der Waals surface area contributed by atoms with Crippen LogP contribution in [0.4, 0.5) is 4.39 Å². The molecule has 4 heteroatoms. The van der Waals surface area contributed by atoms with Crippen molar-refractivity contribution in [3.63, 3.8) is 0 Å². The monoisotopic (exact) mass is 301 g/mol. The quantitative estimate of drug-likeness (QED) is 0.850. The minimum absolute atomic E-state index is 0.0759. The molecule has 2 nitrogen and oxygen atoms in total. The summed E-state index contributed by atoms with van der Waals surface area (Å²) in [4.78, 5) is 12.0. The van der Waals surface area contributed by atoms with Gasteiger partial charge >= 0.3 is 0 Å². The average molecular weight is 302 g/mol. The topological polar surface area (TPSA) is 29.1 Å². The smallest absolute Gasteiger partial charge is 0.251 e. The van der Waals surface area contributed by atoms with E-state index >= 15 is 0 Å². The van der Waals surface area contributed by atoms with Crippen LogP contribution in [0.1, 0.15) is 29.8 Å². The van der Waals surface area contributed by atoms with E-state index in [2.05, 4.69) is 21.2 Å². The average Bonchev–Trinajstić information content (AvgIpc) is 2.24. The Morgan fingerprint density at radius 3 is 2.59 bits per heavy atom. The molecule has 0 saturated carbocycles. The molecule has 0 fully saturated rings. The predicted molar refractivity (Wildman–Crippen MR) is 71.0 cm³/mol. The second-order valence-electron chi connectivity index (χ2n) is 4.44. The normalized spacial score (nSPS) is 12.6. The van der Waals surface area contributed by atoms with Crippen molar-refractivity contribution in [3.05, 3.63) is 35.1 Å². The van der Waals surface area contributed by atoms with Gasteiger partial charge in [-0.1, -0.05) is 29.8 Å². The maximum atomic E-state index is 12.9. The van der Waals surface area contributed by atoms with Crippen LogP contribution >= 0.6 is 15.9 Å². The Hall–Kier alpha value is -0.900. The summed E-state index contributed by atoms with van der Waals surface area (Å²) in [5.74, 6) is -0.125. The molecular formula is C13H17BrFNO. The van der Waals surface area contributed by atoms with Crippen molar-refractivity contribution in [2.75, 3.05) is 5.33 Å². The van der Waals surface area contributed by atoms with Crippen molar-refractivity contribution in [3.8, 4) is 0 Å². The van der Waals surface area contributed by atoms with Gasteiger partial charge in [-0.2, -0.15) is 0 Å². The van der Waals surface area contributed by atoms with E-state index in [1.807, 2.05) is 13.8 Å². The van der Waals surface area contributed by atoms with E-state index in [0.717, 1.165) is 0 Å². The van der Waals surface area contributed by atoms with Gasteiger partial charge in [-0.15, -0.1) is 0 Å². The summed E-state index contributed by atoms with van der Waals surface area (Å²) in [5, 5.41) is 3.64. The van der Waals surface area contributed by atoms with E-state index in [1.165, 1.54) is 18.2 Å². The van der Waals surface area contributed by atoms with Crippen molar-refractivity contribution in [1.82, 2.24) is 5.32 Å². The highest BCUT2D eigenvalue weighted by atomic mass is 79.9. The Bertz CT molecular complexity index is 406. The third kappa shape index (κ3) is 3.80. The number of carbonyl (C=O) groups is 1. The summed E-state index contributed by atoms with van der Waals surface area (Å²) in [7, 11) is 0. The number of benzene rings is 1. The van der Waals surface area contributed by atoms with E-state index in [4.69, 9.17) is 0 Å². The lowest BCUT2D eigenvalue weighted by Crippen LogP contribution is -2.40. The number of alkyl halides is 1. The van der Waals surface area contributed by atoms with Gasteiger partial charge in [0.1, 0.15) is 5.82 Å². The lowest BCUT2D eigenvalue weighted by Gasteiger charge is -2.20. The van der Waals surface area contributed by atoms with E-state index in [0.29, 0.717) is 22.4 Å². The highest BCUT2D eigenvalue weighted by Gasteiger charge is 2.17. The minimum atomic E-state index is -0.319. The molecule has 0 radical (unpaired) electrons. The molecule has 0 aromatic heterocycles. The molecule has 1 atom stereocenters. The SMILES string of the molecule is Cc1cc(F)ccc1C(=O)NC(CBr)C(C)C. The van der Waals surface area contributed by atoms with Crippen molar-refractivity contribution < 1.29 is 9.18 Å². The lowest BCUT2D eigenvalue weighted by molar-refractivity contribution is 0.0931. The van der Waals surface area contributed by atoms with Crippen LogP contribution in [0.15, 0.2) is 18.2 Å². The first kappa shape index (κ1) is 14.2. The van der Waals surface area contributed by atoms with Gasteiger partial charge in [0, 0.05) is 16.9 Å². The van der Waals surface area contributed by atoms with Crippen LogP contribution < -0.4 is 5.32 Å². The maximum Gasteiger partial charge on any atom is 0.251 e. The molecular weight excluding hydrogens is 285 g/mol. The first-order chi connectivity index (χ1) is 7.95. The van der Waals surface area contributed by atoms with Gasteiger partial charge in [0.05, 0.1) is 0 Å². The van der Waals surface area contributed by atoms with Crippen LogP contribution in [0.3, 0.4) is 0 Å². The van der Waals surface area contributed by atoms with Gasteiger partial charge in [-0.3, -0.25) is 4.79 Å². The number of nitrogens with one attached hydrogen (secondary N) is 1. The molecule has 0 aliphatic heterocycles. The molecule has 0 aliphatic rings. The Morgan fingerprint density at radius 2 is 2.12 bits per heavy atom. The third-order valence-corrected chi connectivity index (χ3v) is 3.42. The number of carbonyl (C=O) groups excluding carboxylic acids is 1. The zero-order chi connectivity index (χ0) is 13.0. The number of aryl methyl sites for hydroxylation is 1. The van der Waals surface area contributed by atoms with Gasteiger partial charge in [-0.25, -0.2) is 4.39 Å². The zero-order valence-electron chi connectivity index (χ0n) is 10.3.